The molecule has 3 heterocycles. The summed E-state index contributed by atoms with van der Waals surface area (Å²) >= 11 is 0. The van der Waals surface area contributed by atoms with Crippen LogP contribution in [0.25, 0.3) is 0 Å². The number of nitro groups is 1. The van der Waals surface area contributed by atoms with Gasteiger partial charge in [-0.15, -0.1) is 0 Å². The number of methoxy groups -OCH3 is 1. The summed E-state index contributed by atoms with van der Waals surface area (Å²) in [5.41, 5.74) is -0.0509. The van der Waals surface area contributed by atoms with E-state index in [1.54, 1.807) is 4.90 Å². The Hall–Kier alpha value is -2.26. The van der Waals surface area contributed by atoms with Crippen molar-refractivity contribution < 1.29 is 19.2 Å². The molecule has 2 aliphatic heterocycles. The van der Waals surface area contributed by atoms with E-state index in [-0.39, 0.29) is 23.2 Å². The van der Waals surface area contributed by atoms with E-state index < -0.39 is 10.9 Å². The van der Waals surface area contributed by atoms with Gasteiger partial charge in [0.1, 0.15) is 0 Å². The molecular formula is C13H16N4O5. The minimum atomic E-state index is -0.613. The SMILES string of the molecule is COC(=O)c1ccc([N+](=O)[O-])c(N2CC(NC3COC3)C2)n1. The van der Waals surface area contributed by atoms with Crippen LogP contribution in [-0.2, 0) is 9.47 Å². The molecule has 118 valence electrons. The van der Waals surface area contributed by atoms with Gasteiger partial charge in [-0.05, 0) is 6.07 Å². The molecule has 2 aliphatic rings. The molecule has 0 saturated carbocycles. The first kappa shape index (κ1) is 14.7. The number of anilines is 1. The van der Waals surface area contributed by atoms with Gasteiger partial charge in [-0.3, -0.25) is 10.1 Å². The van der Waals surface area contributed by atoms with Crippen LogP contribution < -0.4 is 10.2 Å². The summed E-state index contributed by atoms with van der Waals surface area (Å²) in [5, 5.41) is 14.5. The summed E-state index contributed by atoms with van der Waals surface area (Å²) in [4.78, 5) is 28.0. The standard InChI is InChI=1S/C13H16N4O5/c1-21-13(18)10-2-3-11(17(19)20)12(15-10)16-4-8(5-16)14-9-6-22-7-9/h2-3,8-9,14H,4-7H2,1H3. The van der Waals surface area contributed by atoms with Crippen molar-refractivity contribution in [1.82, 2.24) is 10.3 Å². The third kappa shape index (κ3) is 2.72. The van der Waals surface area contributed by atoms with Crippen LogP contribution in [-0.4, -0.2) is 61.4 Å². The number of hydrogen-bond donors (Lipinski definition) is 1. The van der Waals surface area contributed by atoms with Gasteiger partial charge < -0.3 is 19.7 Å². The predicted octanol–water partition coefficient (Wildman–Crippen LogP) is -0.0466. The smallest absolute Gasteiger partial charge is 0.356 e. The quantitative estimate of drug-likeness (QED) is 0.458. The van der Waals surface area contributed by atoms with E-state index >= 15 is 0 Å². The molecule has 1 aromatic heterocycles. The number of carbonyl (C=O) groups excluding carboxylic acids is 1. The summed E-state index contributed by atoms with van der Waals surface area (Å²) < 4.78 is 9.69. The first-order valence-corrected chi connectivity index (χ1v) is 6.91. The Kier molecular flexibility index (Phi) is 3.90. The topological polar surface area (TPSA) is 107 Å². The molecule has 9 heteroatoms. The molecule has 0 bridgehead atoms. The zero-order valence-electron chi connectivity index (χ0n) is 12.0. The van der Waals surface area contributed by atoms with Crippen molar-refractivity contribution in [3.05, 3.63) is 27.9 Å². The first-order valence-electron chi connectivity index (χ1n) is 6.91. The van der Waals surface area contributed by atoms with Crippen molar-refractivity contribution in [2.75, 3.05) is 38.3 Å². The fourth-order valence-corrected chi connectivity index (χ4v) is 2.46. The van der Waals surface area contributed by atoms with Gasteiger partial charge in [-0.2, -0.15) is 0 Å². The Morgan fingerprint density at radius 3 is 2.73 bits per heavy atom. The maximum Gasteiger partial charge on any atom is 0.356 e. The third-order valence-electron chi connectivity index (χ3n) is 3.74. The lowest BCUT2D eigenvalue weighted by molar-refractivity contribution is -0.384. The van der Waals surface area contributed by atoms with Gasteiger partial charge in [0, 0.05) is 25.2 Å². The molecule has 9 nitrogen and oxygen atoms in total. The molecule has 0 amide bonds. The molecule has 1 N–H and O–H groups in total. The molecule has 0 unspecified atom stereocenters. The lowest BCUT2D eigenvalue weighted by atomic mass is 10.1. The Labute approximate surface area is 126 Å². The second-order valence-electron chi connectivity index (χ2n) is 5.29. The molecule has 2 fully saturated rings. The van der Waals surface area contributed by atoms with Crippen LogP contribution in [0.15, 0.2) is 12.1 Å². The highest BCUT2D eigenvalue weighted by Crippen LogP contribution is 2.30. The second kappa shape index (κ2) is 5.85. The van der Waals surface area contributed by atoms with E-state index in [4.69, 9.17) is 4.74 Å². The maximum absolute atomic E-state index is 11.5. The van der Waals surface area contributed by atoms with E-state index in [1.165, 1.54) is 19.2 Å². The Morgan fingerprint density at radius 2 is 2.18 bits per heavy atom. The minimum absolute atomic E-state index is 0.0619. The van der Waals surface area contributed by atoms with Gasteiger partial charge in [0.25, 0.3) is 0 Å². The van der Waals surface area contributed by atoms with Gasteiger partial charge in [0.05, 0.1) is 31.3 Å². The molecule has 2 saturated heterocycles. The van der Waals surface area contributed by atoms with Crippen molar-refractivity contribution in [2.45, 2.75) is 12.1 Å². The minimum Gasteiger partial charge on any atom is -0.464 e. The average Bonchev–Trinajstić information content (AvgIpc) is 2.42. The zero-order valence-corrected chi connectivity index (χ0v) is 12.0. The van der Waals surface area contributed by atoms with Crippen LogP contribution in [0.5, 0.6) is 0 Å². The Bertz CT molecular complexity index is 598. The predicted molar refractivity (Wildman–Crippen MR) is 76.0 cm³/mol. The fraction of sp³-hybridized carbons (Fsp3) is 0.538. The number of nitrogens with one attached hydrogen (secondary N) is 1. The summed E-state index contributed by atoms with van der Waals surface area (Å²) in [7, 11) is 1.25. The van der Waals surface area contributed by atoms with Crippen LogP contribution in [0.3, 0.4) is 0 Å². The monoisotopic (exact) mass is 308 g/mol. The molecule has 0 radical (unpaired) electrons. The molecule has 22 heavy (non-hydrogen) atoms. The number of aromatic nitrogens is 1. The van der Waals surface area contributed by atoms with Gasteiger partial charge >= 0.3 is 11.7 Å². The average molecular weight is 308 g/mol. The number of ether oxygens (including phenoxy) is 2. The van der Waals surface area contributed by atoms with E-state index in [0.717, 1.165) is 0 Å². The van der Waals surface area contributed by atoms with Crippen LogP contribution in [0.2, 0.25) is 0 Å². The summed E-state index contributed by atoms with van der Waals surface area (Å²) in [6, 6.07) is 3.19. The van der Waals surface area contributed by atoms with Crippen molar-refractivity contribution in [1.29, 1.82) is 0 Å². The summed E-state index contributed by atoms with van der Waals surface area (Å²) in [6.07, 6.45) is 0. The highest BCUT2D eigenvalue weighted by molar-refractivity contribution is 5.88. The van der Waals surface area contributed by atoms with Crippen molar-refractivity contribution >= 4 is 17.5 Å². The maximum atomic E-state index is 11.5. The molecule has 0 aliphatic carbocycles. The van der Waals surface area contributed by atoms with Crippen LogP contribution >= 0.6 is 0 Å². The largest absolute Gasteiger partial charge is 0.464 e. The summed E-state index contributed by atoms with van der Waals surface area (Å²) in [6.45, 7) is 2.61. The first-order chi connectivity index (χ1) is 10.6. The molecule has 0 spiro atoms. The van der Waals surface area contributed by atoms with E-state index in [1.807, 2.05) is 0 Å². The Balaban J connectivity index is 1.73. The third-order valence-corrected chi connectivity index (χ3v) is 3.74. The lowest BCUT2D eigenvalue weighted by Gasteiger charge is -2.43. The molecule has 0 aromatic carbocycles. The van der Waals surface area contributed by atoms with Gasteiger partial charge in [-0.25, -0.2) is 9.78 Å². The number of esters is 1. The van der Waals surface area contributed by atoms with Gasteiger partial charge in [0.15, 0.2) is 5.69 Å². The molecule has 3 rings (SSSR count). The van der Waals surface area contributed by atoms with Crippen LogP contribution in [0.4, 0.5) is 11.5 Å². The van der Waals surface area contributed by atoms with Crippen molar-refractivity contribution in [2.24, 2.45) is 0 Å². The normalized spacial score (nSPS) is 18.5. The van der Waals surface area contributed by atoms with Crippen molar-refractivity contribution in [3.63, 3.8) is 0 Å². The second-order valence-corrected chi connectivity index (χ2v) is 5.29. The highest BCUT2D eigenvalue weighted by atomic mass is 16.6. The Morgan fingerprint density at radius 1 is 1.45 bits per heavy atom. The number of nitrogens with zero attached hydrogens (tertiary/aromatic N) is 3. The van der Waals surface area contributed by atoms with E-state index in [0.29, 0.717) is 32.3 Å². The van der Waals surface area contributed by atoms with Gasteiger partial charge in [0.2, 0.25) is 5.82 Å². The highest BCUT2D eigenvalue weighted by Gasteiger charge is 2.35. The molecule has 0 atom stereocenters. The molecular weight excluding hydrogens is 292 g/mol. The van der Waals surface area contributed by atoms with E-state index in [9.17, 15) is 14.9 Å². The fourth-order valence-electron chi connectivity index (χ4n) is 2.46. The summed E-state index contributed by atoms with van der Waals surface area (Å²) in [5.74, 6) is -0.409. The zero-order chi connectivity index (χ0) is 15.7. The number of carbonyl (C=O) groups is 1. The number of pyridine rings is 1. The van der Waals surface area contributed by atoms with E-state index in [2.05, 4.69) is 15.0 Å². The van der Waals surface area contributed by atoms with Crippen LogP contribution in [0.1, 0.15) is 10.5 Å². The van der Waals surface area contributed by atoms with Gasteiger partial charge in [-0.1, -0.05) is 0 Å². The molecule has 1 aromatic rings. The number of rotatable bonds is 5. The van der Waals surface area contributed by atoms with Crippen molar-refractivity contribution in [3.8, 4) is 0 Å². The van der Waals surface area contributed by atoms with Crippen LogP contribution in [0, 0.1) is 10.1 Å². The number of hydrogen-bond acceptors (Lipinski definition) is 8. The lowest BCUT2D eigenvalue weighted by Crippen LogP contribution is -2.63.